The number of carbonyl (C=O) groups excluding carboxylic acids is 2. The summed E-state index contributed by atoms with van der Waals surface area (Å²) in [5.41, 5.74) is 2.65. The first-order valence-electron chi connectivity index (χ1n) is 8.83. The van der Waals surface area contributed by atoms with E-state index in [0.717, 1.165) is 11.1 Å². The number of furan rings is 2. The first-order valence-corrected chi connectivity index (χ1v) is 10.4. The summed E-state index contributed by atoms with van der Waals surface area (Å²) >= 11 is 6.39. The van der Waals surface area contributed by atoms with E-state index < -0.39 is 0 Å². The van der Waals surface area contributed by atoms with Crippen molar-refractivity contribution in [3.05, 3.63) is 93.7 Å². The second-order valence-corrected chi connectivity index (χ2v) is 7.77. The fourth-order valence-corrected chi connectivity index (χ4v) is 3.51. The minimum Gasteiger partial charge on any atom is -0.444 e. The maximum absolute atomic E-state index is 12.5. The topological polar surface area (TPSA) is 84.5 Å². The number of anilines is 2. The molecule has 0 radical (unpaired) electrons. The average molecular weight is 530 g/mol. The van der Waals surface area contributed by atoms with Crippen LogP contribution in [-0.4, -0.2) is 11.8 Å². The van der Waals surface area contributed by atoms with Gasteiger partial charge in [-0.2, -0.15) is 0 Å². The lowest BCUT2D eigenvalue weighted by molar-refractivity contribution is 0.0988. The van der Waals surface area contributed by atoms with E-state index >= 15 is 0 Å². The van der Waals surface area contributed by atoms with E-state index in [0.29, 0.717) is 20.7 Å². The third-order valence-electron chi connectivity index (χ3n) is 4.23. The van der Waals surface area contributed by atoms with Crippen molar-refractivity contribution >= 4 is 55.0 Å². The van der Waals surface area contributed by atoms with E-state index in [2.05, 4.69) is 42.5 Å². The van der Waals surface area contributed by atoms with Crippen molar-refractivity contribution in [2.24, 2.45) is 0 Å². The molecule has 0 aliphatic rings. The monoisotopic (exact) mass is 528 g/mol. The molecule has 0 fully saturated rings. The minimum absolute atomic E-state index is 0.182. The Bertz CT molecular complexity index is 1130. The van der Waals surface area contributed by atoms with Crippen LogP contribution in [0.5, 0.6) is 0 Å². The average Bonchev–Trinajstić information content (AvgIpc) is 3.37. The number of nitrogens with one attached hydrogen (secondary N) is 2. The van der Waals surface area contributed by atoms with E-state index in [4.69, 9.17) is 8.83 Å². The van der Waals surface area contributed by atoms with Crippen molar-refractivity contribution in [3.8, 4) is 11.1 Å². The molecule has 4 rings (SSSR count). The van der Waals surface area contributed by atoms with Gasteiger partial charge in [-0.05, 0) is 68.3 Å². The molecule has 0 spiro atoms. The van der Waals surface area contributed by atoms with E-state index in [1.165, 1.54) is 0 Å². The highest BCUT2D eigenvalue weighted by atomic mass is 79.9. The van der Waals surface area contributed by atoms with Crippen molar-refractivity contribution in [2.75, 3.05) is 10.6 Å². The number of amides is 2. The highest BCUT2D eigenvalue weighted by Gasteiger charge is 2.17. The van der Waals surface area contributed by atoms with E-state index in [9.17, 15) is 9.59 Å². The van der Waals surface area contributed by atoms with Gasteiger partial charge in [-0.1, -0.05) is 36.4 Å². The van der Waals surface area contributed by atoms with Crippen LogP contribution in [0.4, 0.5) is 11.4 Å². The third kappa shape index (κ3) is 4.39. The van der Waals surface area contributed by atoms with Crippen LogP contribution in [-0.2, 0) is 0 Å². The molecular formula is C22H14Br2N2O4. The molecule has 6 nitrogen and oxygen atoms in total. The Morgan fingerprint density at radius 3 is 1.37 bits per heavy atom. The zero-order valence-electron chi connectivity index (χ0n) is 15.3. The molecule has 0 bridgehead atoms. The number of para-hydroxylation sites is 2. The zero-order chi connectivity index (χ0) is 21.1. The maximum atomic E-state index is 12.5. The summed E-state index contributed by atoms with van der Waals surface area (Å²) in [4.78, 5) is 25.1. The Balaban J connectivity index is 1.65. The Hall–Kier alpha value is -3.10. The number of hydrogen-bond acceptors (Lipinski definition) is 4. The van der Waals surface area contributed by atoms with Gasteiger partial charge in [-0.25, -0.2) is 0 Å². The molecule has 2 aromatic heterocycles. The Labute approximate surface area is 188 Å². The molecule has 0 unspecified atom stereocenters. The molecule has 30 heavy (non-hydrogen) atoms. The van der Waals surface area contributed by atoms with Crippen LogP contribution >= 0.6 is 31.9 Å². The van der Waals surface area contributed by atoms with Gasteiger partial charge in [0.2, 0.25) is 0 Å². The van der Waals surface area contributed by atoms with Gasteiger partial charge in [0.15, 0.2) is 20.9 Å². The van der Waals surface area contributed by atoms with Crippen molar-refractivity contribution in [2.45, 2.75) is 0 Å². The predicted octanol–water partition coefficient (Wildman–Crippen LogP) is 6.57. The Morgan fingerprint density at radius 2 is 1.00 bits per heavy atom. The molecule has 2 N–H and O–H groups in total. The number of rotatable bonds is 5. The summed E-state index contributed by atoms with van der Waals surface area (Å²) in [7, 11) is 0. The van der Waals surface area contributed by atoms with Gasteiger partial charge in [-0.3, -0.25) is 9.59 Å². The van der Waals surface area contributed by atoms with Crippen LogP contribution in [0.1, 0.15) is 21.1 Å². The van der Waals surface area contributed by atoms with Crippen LogP contribution in [0.15, 0.2) is 91.0 Å². The molecular weight excluding hydrogens is 516 g/mol. The molecule has 2 aromatic carbocycles. The van der Waals surface area contributed by atoms with Gasteiger partial charge in [0.25, 0.3) is 11.8 Å². The quantitative estimate of drug-likeness (QED) is 0.306. The Morgan fingerprint density at radius 1 is 0.600 bits per heavy atom. The maximum Gasteiger partial charge on any atom is 0.291 e. The number of hydrogen-bond donors (Lipinski definition) is 2. The van der Waals surface area contributed by atoms with Gasteiger partial charge in [0, 0.05) is 22.5 Å². The summed E-state index contributed by atoms with van der Waals surface area (Å²) in [5, 5.41) is 5.73. The molecule has 2 heterocycles. The van der Waals surface area contributed by atoms with Crippen LogP contribution in [0.3, 0.4) is 0 Å². The summed E-state index contributed by atoms with van der Waals surface area (Å²) in [6.45, 7) is 0. The van der Waals surface area contributed by atoms with Crippen LogP contribution in [0, 0.1) is 0 Å². The Kier molecular flexibility index (Phi) is 5.87. The second-order valence-electron chi connectivity index (χ2n) is 6.21. The molecule has 150 valence electrons. The summed E-state index contributed by atoms with van der Waals surface area (Å²) in [5.74, 6) is -0.395. The van der Waals surface area contributed by atoms with Crippen LogP contribution < -0.4 is 10.6 Å². The standard InChI is InChI=1S/C22H14Br2N2O4/c23-19-11-9-17(29-19)21(27)25-15-7-3-1-5-13(15)14-6-2-4-8-16(14)26-22(28)18-10-12-20(24)30-18/h1-12H,(H,25,27)(H,26,28). The fraction of sp³-hybridized carbons (Fsp3) is 0. The summed E-state index contributed by atoms with van der Waals surface area (Å²) in [6.07, 6.45) is 0. The number of halogens is 2. The SMILES string of the molecule is O=C(Nc1ccccc1-c1ccccc1NC(=O)c1ccc(Br)o1)c1ccc(Br)o1. The summed E-state index contributed by atoms with van der Waals surface area (Å²) < 4.78 is 11.6. The van der Waals surface area contributed by atoms with E-state index in [-0.39, 0.29) is 23.3 Å². The van der Waals surface area contributed by atoms with Crippen molar-refractivity contribution < 1.29 is 18.4 Å². The van der Waals surface area contributed by atoms with Gasteiger partial charge in [0.05, 0.1) is 0 Å². The van der Waals surface area contributed by atoms with Crippen molar-refractivity contribution in [1.82, 2.24) is 0 Å². The highest BCUT2D eigenvalue weighted by Crippen LogP contribution is 2.34. The molecule has 0 saturated heterocycles. The second kappa shape index (κ2) is 8.73. The van der Waals surface area contributed by atoms with E-state index in [1.54, 1.807) is 36.4 Å². The number of carbonyl (C=O) groups is 2. The fourth-order valence-electron chi connectivity index (χ4n) is 2.89. The number of benzene rings is 2. The lowest BCUT2D eigenvalue weighted by atomic mass is 10.0. The van der Waals surface area contributed by atoms with Crippen LogP contribution in [0.2, 0.25) is 0 Å². The largest absolute Gasteiger partial charge is 0.444 e. The van der Waals surface area contributed by atoms with Gasteiger partial charge in [-0.15, -0.1) is 0 Å². The van der Waals surface area contributed by atoms with Crippen LogP contribution in [0.25, 0.3) is 11.1 Å². The predicted molar refractivity (Wildman–Crippen MR) is 121 cm³/mol. The van der Waals surface area contributed by atoms with Gasteiger partial charge in [0.1, 0.15) is 0 Å². The van der Waals surface area contributed by atoms with E-state index in [1.807, 2.05) is 36.4 Å². The van der Waals surface area contributed by atoms with Crippen molar-refractivity contribution in [3.63, 3.8) is 0 Å². The molecule has 2 amide bonds. The zero-order valence-corrected chi connectivity index (χ0v) is 18.5. The first-order chi connectivity index (χ1) is 14.5. The first kappa shape index (κ1) is 20.2. The molecule has 0 atom stereocenters. The summed E-state index contributed by atoms with van der Waals surface area (Å²) in [6, 6.07) is 21.1. The van der Waals surface area contributed by atoms with Gasteiger partial charge >= 0.3 is 0 Å². The minimum atomic E-state index is -0.380. The third-order valence-corrected chi connectivity index (χ3v) is 5.09. The molecule has 0 aliphatic carbocycles. The lowest BCUT2D eigenvalue weighted by Crippen LogP contribution is -2.13. The lowest BCUT2D eigenvalue weighted by Gasteiger charge is -2.14. The molecule has 0 saturated carbocycles. The highest BCUT2D eigenvalue weighted by molar-refractivity contribution is 9.10. The molecule has 0 aliphatic heterocycles. The molecule has 8 heteroatoms. The normalized spacial score (nSPS) is 10.6. The van der Waals surface area contributed by atoms with Crippen molar-refractivity contribution in [1.29, 1.82) is 0 Å². The van der Waals surface area contributed by atoms with Gasteiger partial charge < -0.3 is 19.5 Å². The smallest absolute Gasteiger partial charge is 0.291 e. The molecule has 4 aromatic rings.